The van der Waals surface area contributed by atoms with Crippen molar-refractivity contribution in [3.8, 4) is 0 Å². The van der Waals surface area contributed by atoms with E-state index in [0.717, 1.165) is 0 Å². The standard InChI is InChI=1S/C11H24O/c1-9(2,3)11(7,8-12)10(4,5)6/h12H,8H2,1-7H3. The van der Waals surface area contributed by atoms with E-state index in [4.69, 9.17) is 0 Å². The molecule has 0 aromatic carbocycles. The van der Waals surface area contributed by atoms with Crippen molar-refractivity contribution in [2.75, 3.05) is 6.61 Å². The molecule has 0 aromatic heterocycles. The molecule has 0 saturated carbocycles. The Labute approximate surface area is 77.2 Å². The van der Waals surface area contributed by atoms with Crippen LogP contribution in [0.5, 0.6) is 0 Å². The predicted molar refractivity (Wildman–Crippen MR) is 54.1 cm³/mol. The lowest BCUT2D eigenvalue weighted by Gasteiger charge is -2.50. The molecule has 0 fully saturated rings. The number of hydrogen-bond acceptors (Lipinski definition) is 1. The summed E-state index contributed by atoms with van der Waals surface area (Å²) in [5, 5.41) is 9.46. The Morgan fingerprint density at radius 1 is 0.750 bits per heavy atom. The number of aliphatic hydroxyl groups excluding tert-OH is 1. The van der Waals surface area contributed by atoms with Crippen LogP contribution in [0.2, 0.25) is 0 Å². The Balaban J connectivity index is 4.95. The van der Waals surface area contributed by atoms with E-state index in [-0.39, 0.29) is 22.9 Å². The van der Waals surface area contributed by atoms with Crippen LogP contribution in [0, 0.1) is 16.2 Å². The lowest BCUT2D eigenvalue weighted by atomic mass is 9.55. The number of rotatable bonds is 1. The van der Waals surface area contributed by atoms with Gasteiger partial charge in [0.25, 0.3) is 0 Å². The largest absolute Gasteiger partial charge is 0.396 e. The van der Waals surface area contributed by atoms with Crippen LogP contribution < -0.4 is 0 Å². The summed E-state index contributed by atoms with van der Waals surface area (Å²) >= 11 is 0. The van der Waals surface area contributed by atoms with Gasteiger partial charge in [0.1, 0.15) is 0 Å². The van der Waals surface area contributed by atoms with Crippen LogP contribution in [-0.4, -0.2) is 11.7 Å². The van der Waals surface area contributed by atoms with E-state index in [1.807, 2.05) is 0 Å². The molecule has 0 aliphatic heterocycles. The molecule has 1 N–H and O–H groups in total. The molecule has 0 unspecified atom stereocenters. The third-order valence-electron chi connectivity index (χ3n) is 3.63. The molecule has 0 bridgehead atoms. The summed E-state index contributed by atoms with van der Waals surface area (Å²) < 4.78 is 0. The van der Waals surface area contributed by atoms with Gasteiger partial charge in [-0.15, -0.1) is 0 Å². The van der Waals surface area contributed by atoms with Gasteiger partial charge in [-0.25, -0.2) is 0 Å². The molecule has 0 aliphatic carbocycles. The minimum atomic E-state index is -0.0278. The number of aliphatic hydroxyl groups is 1. The normalized spacial score (nSPS) is 15.0. The first-order chi connectivity index (χ1) is 5.06. The fraction of sp³-hybridized carbons (Fsp3) is 1.00. The van der Waals surface area contributed by atoms with Crippen LogP contribution in [0.25, 0.3) is 0 Å². The molecule has 0 atom stereocenters. The van der Waals surface area contributed by atoms with Crippen LogP contribution in [0.1, 0.15) is 48.5 Å². The average molecular weight is 172 g/mol. The zero-order valence-corrected chi connectivity index (χ0v) is 9.65. The summed E-state index contributed by atoms with van der Waals surface area (Å²) in [7, 11) is 0. The minimum Gasteiger partial charge on any atom is -0.396 e. The molecule has 1 heteroatoms. The first-order valence-electron chi connectivity index (χ1n) is 4.67. The highest BCUT2D eigenvalue weighted by molar-refractivity contribution is 4.94. The molecular formula is C11H24O. The highest BCUT2D eigenvalue weighted by Gasteiger charge is 2.45. The molecule has 0 heterocycles. The van der Waals surface area contributed by atoms with Gasteiger partial charge in [0.15, 0.2) is 0 Å². The molecule has 0 spiro atoms. The Bertz CT molecular complexity index is 131. The summed E-state index contributed by atoms with van der Waals surface area (Å²) in [5.74, 6) is 0. The fourth-order valence-electron chi connectivity index (χ4n) is 1.60. The van der Waals surface area contributed by atoms with E-state index in [1.54, 1.807) is 0 Å². The van der Waals surface area contributed by atoms with Crippen molar-refractivity contribution in [1.29, 1.82) is 0 Å². The second-order valence-electron chi connectivity index (χ2n) is 5.99. The van der Waals surface area contributed by atoms with Gasteiger partial charge in [-0.05, 0) is 10.8 Å². The van der Waals surface area contributed by atoms with Crippen molar-refractivity contribution in [2.45, 2.75) is 48.5 Å². The Hall–Kier alpha value is -0.0400. The lowest BCUT2D eigenvalue weighted by molar-refractivity contribution is -0.0596. The van der Waals surface area contributed by atoms with Crippen molar-refractivity contribution < 1.29 is 5.11 Å². The smallest absolute Gasteiger partial charge is 0.0494 e. The quantitative estimate of drug-likeness (QED) is 0.644. The van der Waals surface area contributed by atoms with Crippen molar-refractivity contribution in [3.63, 3.8) is 0 Å². The summed E-state index contributed by atoms with van der Waals surface area (Å²) in [6.07, 6.45) is 0. The van der Waals surface area contributed by atoms with Gasteiger partial charge in [0.05, 0.1) is 0 Å². The van der Waals surface area contributed by atoms with E-state index in [0.29, 0.717) is 0 Å². The van der Waals surface area contributed by atoms with Gasteiger partial charge in [0, 0.05) is 12.0 Å². The van der Waals surface area contributed by atoms with Gasteiger partial charge in [-0.2, -0.15) is 0 Å². The summed E-state index contributed by atoms with van der Waals surface area (Å²) in [5.41, 5.74) is 0.250. The lowest BCUT2D eigenvalue weighted by Crippen LogP contribution is -2.46. The van der Waals surface area contributed by atoms with Gasteiger partial charge >= 0.3 is 0 Å². The SMILES string of the molecule is CC(C)(C)C(C)(CO)C(C)(C)C. The van der Waals surface area contributed by atoms with Gasteiger partial charge in [-0.1, -0.05) is 48.5 Å². The van der Waals surface area contributed by atoms with Crippen LogP contribution in [-0.2, 0) is 0 Å². The fourth-order valence-corrected chi connectivity index (χ4v) is 1.60. The summed E-state index contributed by atoms with van der Waals surface area (Å²) in [4.78, 5) is 0. The first kappa shape index (κ1) is 12.0. The van der Waals surface area contributed by atoms with E-state index < -0.39 is 0 Å². The maximum Gasteiger partial charge on any atom is 0.0494 e. The van der Waals surface area contributed by atoms with Crippen LogP contribution >= 0.6 is 0 Å². The molecular weight excluding hydrogens is 148 g/mol. The van der Waals surface area contributed by atoms with Crippen LogP contribution in [0.3, 0.4) is 0 Å². The Morgan fingerprint density at radius 3 is 1.00 bits per heavy atom. The molecule has 0 radical (unpaired) electrons. The predicted octanol–water partition coefficient (Wildman–Crippen LogP) is 3.08. The zero-order chi connectivity index (χ0) is 10.2. The maximum absolute atomic E-state index is 9.46. The third kappa shape index (κ3) is 1.82. The molecule has 12 heavy (non-hydrogen) atoms. The Morgan fingerprint density at radius 2 is 1.00 bits per heavy atom. The summed E-state index contributed by atoms with van der Waals surface area (Å²) in [6.45, 7) is 15.5. The Kier molecular flexibility index (Phi) is 3.01. The summed E-state index contributed by atoms with van der Waals surface area (Å²) in [6, 6.07) is 0. The first-order valence-corrected chi connectivity index (χ1v) is 4.67. The van der Waals surface area contributed by atoms with Crippen molar-refractivity contribution in [2.24, 2.45) is 16.2 Å². The molecule has 0 rings (SSSR count). The molecule has 1 nitrogen and oxygen atoms in total. The van der Waals surface area contributed by atoms with E-state index in [1.165, 1.54) is 0 Å². The van der Waals surface area contributed by atoms with Crippen molar-refractivity contribution >= 4 is 0 Å². The van der Waals surface area contributed by atoms with E-state index in [2.05, 4.69) is 48.5 Å². The van der Waals surface area contributed by atoms with Gasteiger partial charge < -0.3 is 5.11 Å². The maximum atomic E-state index is 9.46. The number of hydrogen-bond donors (Lipinski definition) is 1. The molecule has 0 amide bonds. The highest BCUT2D eigenvalue weighted by Crippen LogP contribution is 2.50. The second kappa shape index (κ2) is 3.02. The van der Waals surface area contributed by atoms with E-state index >= 15 is 0 Å². The van der Waals surface area contributed by atoms with E-state index in [9.17, 15) is 5.11 Å². The van der Waals surface area contributed by atoms with Crippen LogP contribution in [0.15, 0.2) is 0 Å². The zero-order valence-electron chi connectivity index (χ0n) is 9.65. The molecule has 0 aromatic rings. The minimum absolute atomic E-state index is 0.0278. The van der Waals surface area contributed by atoms with Gasteiger partial charge in [-0.3, -0.25) is 0 Å². The van der Waals surface area contributed by atoms with Gasteiger partial charge in [0.2, 0.25) is 0 Å². The average Bonchev–Trinajstić information content (AvgIpc) is 1.81. The molecule has 0 aliphatic rings. The van der Waals surface area contributed by atoms with Crippen molar-refractivity contribution in [3.05, 3.63) is 0 Å². The molecule has 0 saturated heterocycles. The topological polar surface area (TPSA) is 20.2 Å². The highest BCUT2D eigenvalue weighted by atomic mass is 16.3. The van der Waals surface area contributed by atoms with Crippen LogP contribution in [0.4, 0.5) is 0 Å². The third-order valence-corrected chi connectivity index (χ3v) is 3.63. The molecule has 74 valence electrons. The second-order valence-corrected chi connectivity index (χ2v) is 5.99. The van der Waals surface area contributed by atoms with Crippen molar-refractivity contribution in [1.82, 2.24) is 0 Å². The monoisotopic (exact) mass is 172 g/mol.